The zero-order valence-electron chi connectivity index (χ0n) is 23.5. The van der Waals surface area contributed by atoms with E-state index in [0.29, 0.717) is 24.7 Å². The van der Waals surface area contributed by atoms with Crippen LogP contribution in [0.5, 0.6) is 11.5 Å². The number of hydrazone groups is 1. The van der Waals surface area contributed by atoms with Crippen LogP contribution in [0.1, 0.15) is 42.0 Å². The second-order valence-corrected chi connectivity index (χ2v) is 10.2. The number of rotatable bonds is 10. The minimum Gasteiger partial charge on any atom is -0.488 e. The van der Waals surface area contributed by atoms with Gasteiger partial charge in [0.05, 0.1) is 6.21 Å². The highest BCUT2D eigenvalue weighted by Crippen LogP contribution is 2.34. The summed E-state index contributed by atoms with van der Waals surface area (Å²) in [6.07, 6.45) is 3.59. The van der Waals surface area contributed by atoms with Crippen molar-refractivity contribution >= 4 is 28.8 Å². The average Bonchev–Trinajstić information content (AvgIpc) is 3.36. The van der Waals surface area contributed by atoms with Crippen LogP contribution in [0.4, 0.5) is 10.5 Å². The van der Waals surface area contributed by atoms with Crippen LogP contribution in [-0.4, -0.2) is 16.8 Å². The van der Waals surface area contributed by atoms with Gasteiger partial charge in [-0.15, -0.1) is 0 Å². The highest BCUT2D eigenvalue weighted by molar-refractivity contribution is 5.94. The van der Waals surface area contributed by atoms with Gasteiger partial charge in [0, 0.05) is 41.5 Å². The Balaban J connectivity index is 1.34. The van der Waals surface area contributed by atoms with Crippen molar-refractivity contribution in [3.8, 4) is 11.5 Å². The number of hydrogen-bond acceptors (Lipinski definition) is 4. The number of aromatic nitrogens is 1. The van der Waals surface area contributed by atoms with Gasteiger partial charge in [-0.25, -0.2) is 10.2 Å². The number of urea groups is 1. The van der Waals surface area contributed by atoms with E-state index >= 15 is 0 Å². The SMILES string of the molecule is CC(C)c1cc(C=NNC(=O)Nc2ccc3c(ccn3C)c2)c(OCc2ccccc2)cc1OCc1ccccc1. The maximum atomic E-state index is 12.6. The molecule has 7 heteroatoms. The van der Waals surface area contributed by atoms with Gasteiger partial charge in [-0.1, -0.05) is 74.5 Å². The quantitative estimate of drug-likeness (QED) is 0.140. The zero-order chi connectivity index (χ0) is 28.6. The Kier molecular flexibility index (Phi) is 8.64. The fraction of sp³-hybridized carbons (Fsp3) is 0.176. The van der Waals surface area contributed by atoms with Gasteiger partial charge in [0.2, 0.25) is 0 Å². The number of carbonyl (C=O) groups excluding carboxylic acids is 1. The van der Waals surface area contributed by atoms with Crippen molar-refractivity contribution in [3.63, 3.8) is 0 Å². The lowest BCUT2D eigenvalue weighted by Gasteiger charge is -2.18. The molecule has 0 saturated heterocycles. The fourth-order valence-corrected chi connectivity index (χ4v) is 4.55. The Bertz CT molecular complexity index is 1640. The third kappa shape index (κ3) is 7.13. The average molecular weight is 547 g/mol. The predicted molar refractivity (Wildman–Crippen MR) is 165 cm³/mol. The number of ether oxygens (including phenoxy) is 2. The number of nitrogens with one attached hydrogen (secondary N) is 2. The molecule has 0 atom stereocenters. The molecule has 7 nitrogen and oxygen atoms in total. The maximum Gasteiger partial charge on any atom is 0.339 e. The number of carbonyl (C=O) groups is 1. The normalized spacial score (nSPS) is 11.2. The van der Waals surface area contributed by atoms with Crippen LogP contribution in [0, 0.1) is 0 Å². The van der Waals surface area contributed by atoms with Crippen molar-refractivity contribution < 1.29 is 14.3 Å². The standard InChI is InChI=1S/C34H34N4O3/c1-24(2)30-19-28(21-35-37-34(39)36-29-14-15-31-27(18-29)16-17-38(31)3)32(40-22-25-10-6-4-7-11-25)20-33(30)41-23-26-12-8-5-9-13-26/h4-21,24H,22-23H2,1-3H3,(H2,36,37,39). The molecule has 5 rings (SSSR count). The minimum absolute atomic E-state index is 0.195. The van der Waals surface area contributed by atoms with Gasteiger partial charge in [0.25, 0.3) is 0 Å². The van der Waals surface area contributed by atoms with E-state index in [-0.39, 0.29) is 5.92 Å². The number of anilines is 1. The molecule has 41 heavy (non-hydrogen) atoms. The Labute approximate surface area is 240 Å². The summed E-state index contributed by atoms with van der Waals surface area (Å²) >= 11 is 0. The Morgan fingerprint density at radius 2 is 1.51 bits per heavy atom. The molecular weight excluding hydrogens is 512 g/mol. The van der Waals surface area contributed by atoms with E-state index in [4.69, 9.17) is 9.47 Å². The molecule has 1 heterocycles. The van der Waals surface area contributed by atoms with Gasteiger partial charge < -0.3 is 19.4 Å². The molecule has 0 aliphatic rings. The number of amides is 2. The van der Waals surface area contributed by atoms with E-state index in [0.717, 1.165) is 38.9 Å². The molecule has 208 valence electrons. The molecule has 0 fully saturated rings. The monoisotopic (exact) mass is 546 g/mol. The molecule has 1 aromatic heterocycles. The summed E-state index contributed by atoms with van der Waals surface area (Å²) in [5.41, 5.74) is 8.24. The minimum atomic E-state index is -0.435. The van der Waals surface area contributed by atoms with E-state index < -0.39 is 6.03 Å². The lowest BCUT2D eigenvalue weighted by atomic mass is 9.99. The number of benzene rings is 4. The van der Waals surface area contributed by atoms with Crippen LogP contribution in [0.15, 0.2) is 108 Å². The van der Waals surface area contributed by atoms with E-state index in [1.807, 2.05) is 115 Å². The van der Waals surface area contributed by atoms with Crippen molar-refractivity contribution in [1.29, 1.82) is 0 Å². The number of aryl methyl sites for hydroxylation is 1. The molecule has 0 radical (unpaired) electrons. The summed E-state index contributed by atoms with van der Waals surface area (Å²) in [5.74, 6) is 1.56. The van der Waals surface area contributed by atoms with Gasteiger partial charge in [-0.2, -0.15) is 5.10 Å². The molecule has 0 spiro atoms. The van der Waals surface area contributed by atoms with Crippen LogP contribution in [0.25, 0.3) is 10.9 Å². The molecular formula is C34H34N4O3. The largest absolute Gasteiger partial charge is 0.488 e. The third-order valence-electron chi connectivity index (χ3n) is 6.75. The number of hydrogen-bond donors (Lipinski definition) is 2. The zero-order valence-corrected chi connectivity index (χ0v) is 23.5. The van der Waals surface area contributed by atoms with Crippen LogP contribution < -0.4 is 20.2 Å². The first-order chi connectivity index (χ1) is 20.0. The van der Waals surface area contributed by atoms with Crippen LogP contribution in [-0.2, 0) is 20.3 Å². The summed E-state index contributed by atoms with van der Waals surface area (Å²) in [7, 11) is 1.99. The van der Waals surface area contributed by atoms with E-state index in [1.165, 1.54) is 0 Å². The maximum absolute atomic E-state index is 12.6. The van der Waals surface area contributed by atoms with Crippen LogP contribution >= 0.6 is 0 Å². The highest BCUT2D eigenvalue weighted by Gasteiger charge is 2.15. The topological polar surface area (TPSA) is 76.9 Å². The molecule has 5 aromatic rings. The van der Waals surface area contributed by atoms with Crippen molar-refractivity contribution in [3.05, 3.63) is 126 Å². The van der Waals surface area contributed by atoms with E-state index in [1.54, 1.807) is 6.21 Å². The van der Waals surface area contributed by atoms with Crippen molar-refractivity contribution in [2.75, 3.05) is 5.32 Å². The molecule has 2 amide bonds. The first-order valence-electron chi connectivity index (χ1n) is 13.6. The van der Waals surface area contributed by atoms with Crippen molar-refractivity contribution in [2.24, 2.45) is 12.1 Å². The second-order valence-electron chi connectivity index (χ2n) is 10.2. The van der Waals surface area contributed by atoms with Gasteiger partial charge in [0.1, 0.15) is 24.7 Å². The Hall–Kier alpha value is -5.04. The highest BCUT2D eigenvalue weighted by atomic mass is 16.5. The second kappa shape index (κ2) is 12.9. The van der Waals surface area contributed by atoms with Gasteiger partial charge in [-0.3, -0.25) is 0 Å². The summed E-state index contributed by atoms with van der Waals surface area (Å²) in [4.78, 5) is 12.6. The van der Waals surface area contributed by atoms with Gasteiger partial charge in [-0.05, 0) is 52.9 Å². The number of fused-ring (bicyclic) bond motifs is 1. The van der Waals surface area contributed by atoms with Gasteiger partial charge >= 0.3 is 6.03 Å². The first kappa shape index (κ1) is 27.5. The molecule has 0 unspecified atom stereocenters. The summed E-state index contributed by atoms with van der Waals surface area (Å²) in [5, 5.41) is 8.12. The van der Waals surface area contributed by atoms with E-state index in [2.05, 4.69) is 29.7 Å². The molecule has 2 N–H and O–H groups in total. The summed E-state index contributed by atoms with van der Waals surface area (Å²) < 4.78 is 14.5. The lowest BCUT2D eigenvalue weighted by molar-refractivity contribution is 0.252. The fourth-order valence-electron chi connectivity index (χ4n) is 4.55. The predicted octanol–water partition coefficient (Wildman–Crippen LogP) is 7.62. The van der Waals surface area contributed by atoms with Crippen LogP contribution in [0.2, 0.25) is 0 Å². The lowest BCUT2D eigenvalue weighted by Crippen LogP contribution is -2.24. The molecule has 0 aliphatic heterocycles. The van der Waals surface area contributed by atoms with Gasteiger partial charge in [0.15, 0.2) is 0 Å². The number of nitrogens with zero attached hydrogens (tertiary/aromatic N) is 2. The summed E-state index contributed by atoms with van der Waals surface area (Å²) in [6, 6.07) is 31.3. The van der Waals surface area contributed by atoms with Crippen LogP contribution in [0.3, 0.4) is 0 Å². The van der Waals surface area contributed by atoms with E-state index in [9.17, 15) is 4.79 Å². The smallest absolute Gasteiger partial charge is 0.339 e. The van der Waals surface area contributed by atoms with Crippen molar-refractivity contribution in [1.82, 2.24) is 9.99 Å². The Morgan fingerprint density at radius 3 is 2.17 bits per heavy atom. The molecule has 0 bridgehead atoms. The first-order valence-corrected chi connectivity index (χ1v) is 13.6. The third-order valence-corrected chi connectivity index (χ3v) is 6.75. The molecule has 4 aromatic carbocycles. The Morgan fingerprint density at radius 1 is 0.854 bits per heavy atom. The van der Waals surface area contributed by atoms with Crippen molar-refractivity contribution in [2.45, 2.75) is 33.0 Å². The summed E-state index contributed by atoms with van der Waals surface area (Å²) in [6.45, 7) is 5.07. The molecule has 0 saturated carbocycles. The molecule has 0 aliphatic carbocycles.